The first-order chi connectivity index (χ1) is 18.1. The van der Waals surface area contributed by atoms with Crippen molar-refractivity contribution >= 4 is 27.8 Å². The van der Waals surface area contributed by atoms with E-state index in [1.807, 2.05) is 11.8 Å². The quantitative estimate of drug-likeness (QED) is 0.261. The summed E-state index contributed by atoms with van der Waals surface area (Å²) in [5, 5.41) is 0.189. The van der Waals surface area contributed by atoms with E-state index in [0.29, 0.717) is 0 Å². The predicted octanol–water partition coefficient (Wildman–Crippen LogP) is 10.7. The van der Waals surface area contributed by atoms with E-state index in [2.05, 4.69) is 157 Å². The van der Waals surface area contributed by atoms with Crippen molar-refractivity contribution in [2.45, 2.75) is 57.6 Å². The van der Waals surface area contributed by atoms with Crippen molar-refractivity contribution in [2.75, 3.05) is 0 Å². The molecular formula is C37H38S. The standard InChI is InChI=1S/C37H38S/c1-36(2,3)30-21-17-27(18-22-30)33-25-32(26-13-9-7-10-14-26)34(35(38-33)29-15-11-8-12-16-29)28-19-23-31(24-20-28)37(4,5)6/h7-25,35H,1-6H3. The Balaban J connectivity index is 1.72. The molecule has 1 atom stereocenters. The van der Waals surface area contributed by atoms with Crippen molar-refractivity contribution in [2.24, 2.45) is 0 Å². The molecule has 0 aliphatic carbocycles. The lowest BCUT2D eigenvalue weighted by Crippen LogP contribution is -2.11. The smallest absolute Gasteiger partial charge is 0.0606 e. The Kier molecular flexibility index (Phi) is 7.25. The zero-order chi connectivity index (χ0) is 26.9. The Morgan fingerprint density at radius 1 is 0.500 bits per heavy atom. The Morgan fingerprint density at radius 3 is 1.47 bits per heavy atom. The van der Waals surface area contributed by atoms with Crippen LogP contribution < -0.4 is 0 Å². The maximum Gasteiger partial charge on any atom is 0.0606 e. The third-order valence-electron chi connectivity index (χ3n) is 7.36. The highest BCUT2D eigenvalue weighted by Crippen LogP contribution is 2.54. The van der Waals surface area contributed by atoms with Crippen LogP contribution in [0, 0.1) is 0 Å². The molecule has 1 unspecified atom stereocenters. The Morgan fingerprint density at radius 2 is 0.974 bits per heavy atom. The molecule has 0 spiro atoms. The molecule has 1 heteroatoms. The highest BCUT2D eigenvalue weighted by atomic mass is 32.2. The van der Waals surface area contributed by atoms with Crippen molar-refractivity contribution in [3.63, 3.8) is 0 Å². The summed E-state index contributed by atoms with van der Waals surface area (Å²) < 4.78 is 0. The van der Waals surface area contributed by atoms with Crippen LogP contribution >= 0.6 is 11.8 Å². The summed E-state index contributed by atoms with van der Waals surface area (Å²) in [4.78, 5) is 1.31. The van der Waals surface area contributed by atoms with Crippen LogP contribution in [0.4, 0.5) is 0 Å². The van der Waals surface area contributed by atoms with Gasteiger partial charge in [0.1, 0.15) is 0 Å². The van der Waals surface area contributed by atoms with Crippen molar-refractivity contribution < 1.29 is 0 Å². The molecule has 0 radical (unpaired) electrons. The first-order valence-electron chi connectivity index (χ1n) is 13.6. The van der Waals surface area contributed by atoms with Gasteiger partial charge in [-0.1, -0.05) is 151 Å². The average molecular weight is 515 g/mol. The minimum Gasteiger partial charge on any atom is -0.112 e. The van der Waals surface area contributed by atoms with Crippen LogP contribution in [-0.4, -0.2) is 0 Å². The number of hydrogen-bond acceptors (Lipinski definition) is 1. The lowest BCUT2D eigenvalue weighted by molar-refractivity contribution is 0.590. The molecule has 4 aromatic rings. The van der Waals surface area contributed by atoms with Crippen LogP contribution in [0.2, 0.25) is 0 Å². The molecule has 0 bridgehead atoms. The van der Waals surface area contributed by atoms with Gasteiger partial charge in [0.2, 0.25) is 0 Å². The van der Waals surface area contributed by atoms with Gasteiger partial charge in [-0.3, -0.25) is 0 Å². The minimum absolute atomic E-state index is 0.127. The molecule has 1 aliphatic heterocycles. The van der Waals surface area contributed by atoms with E-state index in [0.717, 1.165) is 0 Å². The molecule has 38 heavy (non-hydrogen) atoms. The van der Waals surface area contributed by atoms with Gasteiger partial charge in [0.05, 0.1) is 5.25 Å². The summed E-state index contributed by atoms with van der Waals surface area (Å²) >= 11 is 1.97. The van der Waals surface area contributed by atoms with Crippen LogP contribution in [0.1, 0.15) is 80.2 Å². The normalized spacial score (nSPS) is 16.4. The van der Waals surface area contributed by atoms with Gasteiger partial charge in [0.15, 0.2) is 0 Å². The lowest BCUT2D eigenvalue weighted by atomic mass is 9.84. The van der Waals surface area contributed by atoms with E-state index in [9.17, 15) is 0 Å². The predicted molar refractivity (Wildman–Crippen MR) is 168 cm³/mol. The molecule has 192 valence electrons. The summed E-state index contributed by atoms with van der Waals surface area (Å²) in [7, 11) is 0. The summed E-state index contributed by atoms with van der Waals surface area (Å²) in [6.07, 6.45) is 2.42. The van der Waals surface area contributed by atoms with Crippen LogP contribution in [0.5, 0.6) is 0 Å². The zero-order valence-corrected chi connectivity index (χ0v) is 24.3. The first-order valence-corrected chi connectivity index (χ1v) is 14.4. The molecule has 0 saturated heterocycles. The number of hydrogen-bond donors (Lipinski definition) is 0. The fraction of sp³-hybridized carbons (Fsp3) is 0.243. The third kappa shape index (κ3) is 5.59. The van der Waals surface area contributed by atoms with Crippen molar-refractivity contribution in [1.29, 1.82) is 0 Å². The van der Waals surface area contributed by atoms with Gasteiger partial charge in [0.25, 0.3) is 0 Å². The molecule has 0 nitrogen and oxygen atoms in total. The SMILES string of the molecule is CC(C)(C)c1ccc(C2=CC(c3ccccc3)=C(c3ccc(C(C)(C)C)cc3)C(c3ccccc3)S2)cc1. The molecule has 0 aromatic heterocycles. The van der Waals surface area contributed by atoms with E-state index in [-0.39, 0.29) is 16.1 Å². The summed E-state index contributed by atoms with van der Waals surface area (Å²) in [5.74, 6) is 0. The molecule has 0 fully saturated rings. The fourth-order valence-corrected chi connectivity index (χ4v) is 6.42. The monoisotopic (exact) mass is 514 g/mol. The molecule has 5 rings (SSSR count). The van der Waals surface area contributed by atoms with Crippen LogP contribution in [-0.2, 0) is 10.8 Å². The topological polar surface area (TPSA) is 0 Å². The highest BCUT2D eigenvalue weighted by Gasteiger charge is 2.29. The largest absolute Gasteiger partial charge is 0.112 e. The molecule has 4 aromatic carbocycles. The maximum absolute atomic E-state index is 2.42. The van der Waals surface area contributed by atoms with Crippen molar-refractivity contribution in [1.82, 2.24) is 0 Å². The van der Waals surface area contributed by atoms with Crippen molar-refractivity contribution in [3.05, 3.63) is 149 Å². The van der Waals surface area contributed by atoms with Gasteiger partial charge in [-0.15, -0.1) is 11.8 Å². The van der Waals surface area contributed by atoms with Gasteiger partial charge >= 0.3 is 0 Å². The summed E-state index contributed by atoms with van der Waals surface area (Å²) in [5.41, 5.74) is 10.8. The van der Waals surface area contributed by atoms with Gasteiger partial charge in [-0.05, 0) is 61.4 Å². The molecular weight excluding hydrogens is 476 g/mol. The van der Waals surface area contributed by atoms with Gasteiger partial charge in [-0.2, -0.15) is 0 Å². The zero-order valence-electron chi connectivity index (χ0n) is 23.5. The van der Waals surface area contributed by atoms with E-state index in [1.54, 1.807) is 0 Å². The molecule has 1 heterocycles. The minimum atomic E-state index is 0.127. The van der Waals surface area contributed by atoms with E-state index < -0.39 is 0 Å². The van der Waals surface area contributed by atoms with Crippen molar-refractivity contribution in [3.8, 4) is 0 Å². The molecule has 0 N–H and O–H groups in total. The Bertz CT molecular complexity index is 1440. The third-order valence-corrected chi connectivity index (χ3v) is 8.71. The molecule has 0 saturated carbocycles. The number of thioether (sulfide) groups is 1. The number of benzene rings is 4. The lowest BCUT2D eigenvalue weighted by Gasteiger charge is -2.30. The fourth-order valence-electron chi connectivity index (χ4n) is 5.03. The van der Waals surface area contributed by atoms with E-state index >= 15 is 0 Å². The van der Waals surface area contributed by atoms with Gasteiger partial charge in [0, 0.05) is 4.91 Å². The number of allylic oxidation sites excluding steroid dienone is 2. The van der Waals surface area contributed by atoms with Crippen LogP contribution in [0.25, 0.3) is 16.1 Å². The average Bonchev–Trinajstić information content (AvgIpc) is 2.92. The van der Waals surface area contributed by atoms with E-state index in [1.165, 1.54) is 49.4 Å². The summed E-state index contributed by atoms with van der Waals surface area (Å²) in [6, 6.07) is 40.3. The second kappa shape index (κ2) is 10.5. The Hall–Kier alpha value is -3.29. The molecule has 0 amide bonds. The Labute approximate surface area is 233 Å². The van der Waals surface area contributed by atoms with Crippen LogP contribution in [0.3, 0.4) is 0 Å². The summed E-state index contributed by atoms with van der Waals surface area (Å²) in [6.45, 7) is 13.7. The second-order valence-corrected chi connectivity index (χ2v) is 13.4. The van der Waals surface area contributed by atoms with E-state index in [4.69, 9.17) is 0 Å². The number of rotatable bonds is 4. The highest BCUT2D eigenvalue weighted by molar-refractivity contribution is 8.09. The van der Waals surface area contributed by atoms with Gasteiger partial charge in [-0.25, -0.2) is 0 Å². The van der Waals surface area contributed by atoms with Gasteiger partial charge < -0.3 is 0 Å². The maximum atomic E-state index is 2.42. The second-order valence-electron chi connectivity index (χ2n) is 12.3. The molecule has 1 aliphatic rings. The van der Waals surface area contributed by atoms with Crippen LogP contribution in [0.15, 0.2) is 115 Å². The first kappa shape index (κ1) is 26.3.